The van der Waals surface area contributed by atoms with Crippen LogP contribution >= 0.6 is 0 Å². The van der Waals surface area contributed by atoms with Gasteiger partial charge >= 0.3 is 0 Å². The van der Waals surface area contributed by atoms with Crippen LogP contribution in [0.1, 0.15) is 17.5 Å². The van der Waals surface area contributed by atoms with E-state index in [2.05, 4.69) is 5.10 Å². The van der Waals surface area contributed by atoms with Crippen molar-refractivity contribution in [3.63, 3.8) is 0 Å². The maximum Gasteiger partial charge on any atom is 0.246 e. The van der Waals surface area contributed by atoms with Crippen LogP contribution in [-0.2, 0) is 28.4 Å². The van der Waals surface area contributed by atoms with Crippen molar-refractivity contribution in [1.29, 1.82) is 0 Å². The molecular weight excluding hydrogens is 352 g/mol. The van der Waals surface area contributed by atoms with E-state index in [1.165, 1.54) is 10.4 Å². The molecule has 1 aromatic carbocycles. The maximum absolute atomic E-state index is 12.2. The topological polar surface area (TPSA) is 75.5 Å². The van der Waals surface area contributed by atoms with Crippen LogP contribution in [0.5, 0.6) is 0 Å². The summed E-state index contributed by atoms with van der Waals surface area (Å²) in [6, 6.07) is 7.17. The molecule has 1 aliphatic heterocycles. The van der Waals surface area contributed by atoms with Gasteiger partial charge in [-0.25, -0.2) is 8.42 Å². The lowest BCUT2D eigenvalue weighted by Crippen LogP contribution is -2.24. The van der Waals surface area contributed by atoms with Crippen molar-refractivity contribution < 1.29 is 13.2 Å². The van der Waals surface area contributed by atoms with Gasteiger partial charge in [0, 0.05) is 45.0 Å². The molecule has 8 heteroatoms. The Morgan fingerprint density at radius 2 is 2.04 bits per heavy atom. The fourth-order valence-electron chi connectivity index (χ4n) is 2.88. The van der Waals surface area contributed by atoms with E-state index < -0.39 is 10.0 Å². The second-order valence-electron chi connectivity index (χ2n) is 6.38. The summed E-state index contributed by atoms with van der Waals surface area (Å²) in [6.45, 7) is 1.01. The number of hydrogen-bond donors (Lipinski definition) is 0. The van der Waals surface area contributed by atoms with Gasteiger partial charge in [0.15, 0.2) is 0 Å². The van der Waals surface area contributed by atoms with Gasteiger partial charge in [-0.05, 0) is 30.2 Å². The Balaban J connectivity index is 1.62. The molecule has 0 atom stereocenters. The highest BCUT2D eigenvalue weighted by atomic mass is 32.2. The molecule has 1 fully saturated rings. The van der Waals surface area contributed by atoms with Crippen LogP contribution in [0.3, 0.4) is 0 Å². The predicted molar refractivity (Wildman–Crippen MR) is 101 cm³/mol. The van der Waals surface area contributed by atoms with Crippen molar-refractivity contribution in [2.45, 2.75) is 13.0 Å². The molecule has 26 heavy (non-hydrogen) atoms. The first-order valence-corrected chi connectivity index (χ1v) is 9.97. The summed E-state index contributed by atoms with van der Waals surface area (Å²) >= 11 is 0. The smallest absolute Gasteiger partial charge is 0.246 e. The molecule has 0 aliphatic carbocycles. The molecule has 0 bridgehead atoms. The number of benzene rings is 1. The van der Waals surface area contributed by atoms with Gasteiger partial charge in [-0.15, -0.1) is 0 Å². The van der Waals surface area contributed by atoms with Crippen LogP contribution in [0.2, 0.25) is 0 Å². The lowest BCUT2D eigenvalue weighted by Gasteiger charge is -2.16. The highest BCUT2D eigenvalue weighted by Crippen LogP contribution is 2.24. The number of aryl methyl sites for hydroxylation is 1. The number of hydrogen-bond acceptors (Lipinski definition) is 4. The first-order chi connectivity index (χ1) is 12.3. The molecule has 1 aromatic heterocycles. The number of sulfonamides is 1. The van der Waals surface area contributed by atoms with Crippen LogP contribution in [0, 0.1) is 0 Å². The third kappa shape index (κ3) is 4.13. The number of likely N-dealkylation sites (N-methyl/N-ethyl adjacent to an activating group) is 1. The van der Waals surface area contributed by atoms with Crippen molar-refractivity contribution in [2.75, 3.05) is 23.7 Å². The minimum atomic E-state index is -3.17. The third-order valence-electron chi connectivity index (χ3n) is 4.25. The molecule has 0 N–H and O–H groups in total. The van der Waals surface area contributed by atoms with Crippen LogP contribution in [-0.4, -0.2) is 48.4 Å². The summed E-state index contributed by atoms with van der Waals surface area (Å²) < 4.78 is 27.0. The summed E-state index contributed by atoms with van der Waals surface area (Å²) in [5, 5.41) is 4.09. The van der Waals surface area contributed by atoms with E-state index in [1.54, 1.807) is 41.0 Å². The molecule has 138 valence electrons. The quantitative estimate of drug-likeness (QED) is 0.746. The molecule has 1 saturated heterocycles. The maximum atomic E-state index is 12.2. The van der Waals surface area contributed by atoms with E-state index in [1.807, 2.05) is 25.4 Å². The highest BCUT2D eigenvalue weighted by molar-refractivity contribution is 7.93. The predicted octanol–water partition coefficient (Wildman–Crippen LogP) is 1.63. The van der Waals surface area contributed by atoms with E-state index >= 15 is 0 Å². The average Bonchev–Trinajstić information content (AvgIpc) is 3.17. The Kier molecular flexibility index (Phi) is 5.13. The first-order valence-electron chi connectivity index (χ1n) is 8.36. The average molecular weight is 374 g/mol. The lowest BCUT2D eigenvalue weighted by molar-refractivity contribution is -0.125. The minimum Gasteiger partial charge on any atom is -0.338 e. The number of carbonyl (C=O) groups excluding carboxylic acids is 1. The lowest BCUT2D eigenvalue weighted by atomic mass is 10.2. The van der Waals surface area contributed by atoms with Crippen molar-refractivity contribution in [3.8, 4) is 0 Å². The molecule has 3 rings (SSSR count). The fourth-order valence-corrected chi connectivity index (χ4v) is 4.45. The Morgan fingerprint density at radius 1 is 1.31 bits per heavy atom. The van der Waals surface area contributed by atoms with Gasteiger partial charge < -0.3 is 4.90 Å². The van der Waals surface area contributed by atoms with E-state index in [-0.39, 0.29) is 11.7 Å². The Hall–Kier alpha value is -2.61. The molecule has 7 nitrogen and oxygen atoms in total. The molecule has 0 spiro atoms. The summed E-state index contributed by atoms with van der Waals surface area (Å²) in [5.74, 6) is 0.0898. The number of nitrogens with zero attached hydrogens (tertiary/aromatic N) is 4. The summed E-state index contributed by atoms with van der Waals surface area (Å²) in [4.78, 5) is 13.8. The van der Waals surface area contributed by atoms with Crippen LogP contribution < -0.4 is 4.31 Å². The van der Waals surface area contributed by atoms with E-state index in [0.29, 0.717) is 25.2 Å². The second-order valence-corrected chi connectivity index (χ2v) is 8.40. The molecule has 0 unspecified atom stereocenters. The van der Waals surface area contributed by atoms with Gasteiger partial charge in [0.2, 0.25) is 15.9 Å². The van der Waals surface area contributed by atoms with Crippen molar-refractivity contribution >= 4 is 27.7 Å². The second kappa shape index (κ2) is 7.33. The van der Waals surface area contributed by atoms with Gasteiger partial charge in [-0.1, -0.05) is 12.1 Å². The molecule has 0 saturated carbocycles. The SMILES string of the molecule is CN(Cc1cnn(C)c1)C(=O)/C=C/c1ccc(N2CCCS2(=O)=O)cc1. The summed E-state index contributed by atoms with van der Waals surface area (Å²) in [5.41, 5.74) is 2.47. The highest BCUT2D eigenvalue weighted by Gasteiger charge is 2.28. The van der Waals surface area contributed by atoms with Crippen LogP contribution in [0.25, 0.3) is 6.08 Å². The van der Waals surface area contributed by atoms with Crippen molar-refractivity contribution in [3.05, 3.63) is 53.9 Å². The Bertz CT molecular complexity index is 916. The third-order valence-corrected chi connectivity index (χ3v) is 6.12. The molecule has 0 radical (unpaired) electrons. The van der Waals surface area contributed by atoms with Crippen molar-refractivity contribution in [2.24, 2.45) is 7.05 Å². The molecule has 2 heterocycles. The molecule has 2 aromatic rings. The number of anilines is 1. The van der Waals surface area contributed by atoms with Gasteiger partial charge in [0.25, 0.3) is 0 Å². The van der Waals surface area contributed by atoms with Gasteiger partial charge in [-0.3, -0.25) is 13.8 Å². The zero-order valence-corrected chi connectivity index (χ0v) is 15.7. The van der Waals surface area contributed by atoms with Gasteiger partial charge in [0.05, 0.1) is 17.6 Å². The summed E-state index contributed by atoms with van der Waals surface area (Å²) in [6.07, 6.45) is 7.50. The van der Waals surface area contributed by atoms with E-state index in [0.717, 1.165) is 11.1 Å². The standard InChI is InChI=1S/C18H22N4O3S/c1-20(13-16-12-19-21(2)14-16)18(23)9-6-15-4-7-17(8-5-15)22-10-3-11-26(22,24)25/h4-9,12,14H,3,10-11,13H2,1-2H3/b9-6+. The number of rotatable bonds is 5. The minimum absolute atomic E-state index is 0.111. The monoisotopic (exact) mass is 374 g/mol. The Labute approximate surface area is 153 Å². The van der Waals surface area contributed by atoms with Crippen molar-refractivity contribution in [1.82, 2.24) is 14.7 Å². The largest absolute Gasteiger partial charge is 0.338 e. The van der Waals surface area contributed by atoms with Gasteiger partial charge in [0.1, 0.15) is 0 Å². The Morgan fingerprint density at radius 3 is 2.62 bits per heavy atom. The van der Waals surface area contributed by atoms with Crippen LogP contribution in [0.4, 0.5) is 5.69 Å². The van der Waals surface area contributed by atoms with Crippen LogP contribution in [0.15, 0.2) is 42.7 Å². The molecule has 1 aliphatic rings. The molecule has 1 amide bonds. The first kappa shape index (κ1) is 18.2. The number of carbonyl (C=O) groups is 1. The van der Waals surface area contributed by atoms with E-state index in [4.69, 9.17) is 0 Å². The van der Waals surface area contributed by atoms with E-state index in [9.17, 15) is 13.2 Å². The molecular formula is C18H22N4O3S. The number of aromatic nitrogens is 2. The summed E-state index contributed by atoms with van der Waals surface area (Å²) in [7, 11) is 0.402. The fraction of sp³-hybridized carbons (Fsp3) is 0.333. The number of amides is 1. The van der Waals surface area contributed by atoms with Gasteiger partial charge in [-0.2, -0.15) is 5.10 Å². The normalized spacial score (nSPS) is 16.3. The zero-order valence-electron chi connectivity index (χ0n) is 14.9. The zero-order chi connectivity index (χ0) is 18.7.